The van der Waals surface area contributed by atoms with Gasteiger partial charge in [-0.3, -0.25) is 0 Å². The van der Waals surface area contributed by atoms with Crippen LogP contribution in [0.5, 0.6) is 5.75 Å². The SMILES string of the molecule is CCOCc1cc(C(C)(C)c2cc(COCC)c(O)c(COCC)c2)cc(COC)c1C. The number of phenolic OH excluding ortho intramolecular Hbond substituents is 1. The average Bonchev–Trinajstić information content (AvgIpc) is 2.77. The van der Waals surface area contributed by atoms with Crippen molar-refractivity contribution in [2.24, 2.45) is 0 Å². The number of hydrogen-bond donors (Lipinski definition) is 1. The van der Waals surface area contributed by atoms with Gasteiger partial charge in [0.25, 0.3) is 0 Å². The zero-order valence-corrected chi connectivity index (χ0v) is 20.8. The Bertz CT molecular complexity index is 844. The van der Waals surface area contributed by atoms with Gasteiger partial charge in [0, 0.05) is 43.5 Å². The second-order valence-electron chi connectivity index (χ2n) is 8.53. The predicted octanol–water partition coefficient (Wildman–Crippen LogP) is 5.78. The molecule has 2 rings (SSSR count). The first-order chi connectivity index (χ1) is 15.3. The van der Waals surface area contributed by atoms with Crippen LogP contribution in [0.4, 0.5) is 0 Å². The minimum atomic E-state index is -0.313. The fraction of sp³-hybridized carbons (Fsp3) is 0.556. The highest BCUT2D eigenvalue weighted by atomic mass is 16.5. The molecule has 0 bridgehead atoms. The summed E-state index contributed by atoms with van der Waals surface area (Å²) in [6.45, 7) is 16.2. The van der Waals surface area contributed by atoms with Crippen LogP contribution in [0.1, 0.15) is 73.6 Å². The van der Waals surface area contributed by atoms with E-state index in [1.807, 2.05) is 20.8 Å². The smallest absolute Gasteiger partial charge is 0.126 e. The van der Waals surface area contributed by atoms with Gasteiger partial charge < -0.3 is 24.1 Å². The van der Waals surface area contributed by atoms with Crippen LogP contribution in [-0.4, -0.2) is 32.0 Å². The molecule has 2 aromatic carbocycles. The second-order valence-corrected chi connectivity index (χ2v) is 8.53. The molecule has 0 atom stereocenters. The summed E-state index contributed by atoms with van der Waals surface area (Å²) in [5.41, 5.74) is 7.08. The first kappa shape index (κ1) is 26.3. The van der Waals surface area contributed by atoms with Gasteiger partial charge in [0.1, 0.15) is 5.75 Å². The van der Waals surface area contributed by atoms with E-state index >= 15 is 0 Å². The molecule has 0 radical (unpaired) electrons. The Hall–Kier alpha value is -1.92. The van der Waals surface area contributed by atoms with Crippen molar-refractivity contribution in [2.75, 3.05) is 26.9 Å². The van der Waals surface area contributed by atoms with Crippen molar-refractivity contribution >= 4 is 0 Å². The largest absolute Gasteiger partial charge is 0.507 e. The van der Waals surface area contributed by atoms with Gasteiger partial charge in [-0.2, -0.15) is 0 Å². The van der Waals surface area contributed by atoms with E-state index in [2.05, 4.69) is 45.0 Å². The molecule has 0 unspecified atom stereocenters. The van der Waals surface area contributed by atoms with Crippen molar-refractivity contribution in [3.63, 3.8) is 0 Å². The number of aromatic hydroxyl groups is 1. The average molecular weight is 445 g/mol. The molecule has 1 N–H and O–H groups in total. The fourth-order valence-electron chi connectivity index (χ4n) is 3.80. The minimum Gasteiger partial charge on any atom is -0.507 e. The summed E-state index contributed by atoms with van der Waals surface area (Å²) in [5.74, 6) is 0.257. The van der Waals surface area contributed by atoms with Crippen LogP contribution in [0.15, 0.2) is 24.3 Å². The van der Waals surface area contributed by atoms with Crippen LogP contribution in [0, 0.1) is 6.92 Å². The van der Waals surface area contributed by atoms with E-state index in [1.165, 1.54) is 16.7 Å². The Morgan fingerprint density at radius 2 is 1.06 bits per heavy atom. The monoisotopic (exact) mass is 444 g/mol. The van der Waals surface area contributed by atoms with E-state index in [0.717, 1.165) is 22.3 Å². The van der Waals surface area contributed by atoms with Crippen LogP contribution in [0.2, 0.25) is 0 Å². The van der Waals surface area contributed by atoms with Crippen molar-refractivity contribution < 1.29 is 24.1 Å². The molecule has 0 aliphatic heterocycles. The zero-order valence-electron chi connectivity index (χ0n) is 20.8. The molecule has 0 saturated heterocycles. The van der Waals surface area contributed by atoms with Crippen LogP contribution in [0.3, 0.4) is 0 Å². The molecule has 0 aliphatic carbocycles. The standard InChI is InChI=1S/C27H40O5/c1-8-30-16-21-12-24(11-20(15-29-7)19(21)4)27(5,6)25-13-22(17-31-9-2)26(28)23(14-25)18-32-10-3/h11-14,28H,8-10,15-18H2,1-7H3. The van der Waals surface area contributed by atoms with Gasteiger partial charge in [0.05, 0.1) is 26.4 Å². The number of hydrogen-bond acceptors (Lipinski definition) is 5. The van der Waals surface area contributed by atoms with Crippen LogP contribution in [-0.2, 0) is 50.8 Å². The lowest BCUT2D eigenvalue weighted by molar-refractivity contribution is 0.126. The third-order valence-corrected chi connectivity index (χ3v) is 6.02. The molecule has 0 saturated carbocycles. The van der Waals surface area contributed by atoms with Crippen LogP contribution in [0.25, 0.3) is 0 Å². The van der Waals surface area contributed by atoms with Crippen molar-refractivity contribution in [3.05, 3.63) is 63.2 Å². The minimum absolute atomic E-state index is 0.257. The van der Waals surface area contributed by atoms with E-state index in [4.69, 9.17) is 18.9 Å². The Balaban J connectivity index is 2.60. The van der Waals surface area contributed by atoms with Crippen LogP contribution < -0.4 is 0 Å². The number of ether oxygens (including phenoxy) is 4. The molecule has 32 heavy (non-hydrogen) atoms. The highest BCUT2D eigenvalue weighted by Gasteiger charge is 2.27. The van der Waals surface area contributed by atoms with Crippen molar-refractivity contribution in [1.29, 1.82) is 0 Å². The molecule has 2 aromatic rings. The summed E-state index contributed by atoms with van der Waals surface area (Å²) < 4.78 is 22.5. The zero-order chi connectivity index (χ0) is 23.7. The molecule has 5 nitrogen and oxygen atoms in total. The summed E-state index contributed by atoms with van der Waals surface area (Å²) in [5, 5.41) is 10.8. The Morgan fingerprint density at radius 3 is 1.47 bits per heavy atom. The highest BCUT2D eigenvalue weighted by Crippen LogP contribution is 2.38. The van der Waals surface area contributed by atoms with Gasteiger partial charge in [-0.15, -0.1) is 0 Å². The first-order valence-electron chi connectivity index (χ1n) is 11.5. The molecule has 0 aliphatic rings. The molecule has 5 heteroatoms. The van der Waals surface area contributed by atoms with E-state index in [9.17, 15) is 5.11 Å². The van der Waals surface area contributed by atoms with Gasteiger partial charge >= 0.3 is 0 Å². The summed E-state index contributed by atoms with van der Waals surface area (Å²) in [6, 6.07) is 8.57. The fourth-order valence-corrected chi connectivity index (χ4v) is 3.80. The molecular weight excluding hydrogens is 404 g/mol. The normalized spacial score (nSPS) is 11.8. The Morgan fingerprint density at radius 1 is 0.688 bits per heavy atom. The predicted molar refractivity (Wildman–Crippen MR) is 128 cm³/mol. The lowest BCUT2D eigenvalue weighted by Crippen LogP contribution is -2.21. The van der Waals surface area contributed by atoms with E-state index < -0.39 is 0 Å². The van der Waals surface area contributed by atoms with Crippen LogP contribution >= 0.6 is 0 Å². The van der Waals surface area contributed by atoms with Gasteiger partial charge in [0.15, 0.2) is 0 Å². The Kier molecular flexibility index (Phi) is 10.2. The lowest BCUT2D eigenvalue weighted by atomic mass is 9.75. The molecule has 178 valence electrons. The lowest BCUT2D eigenvalue weighted by Gasteiger charge is -2.30. The molecule has 0 aromatic heterocycles. The summed E-state index contributed by atoms with van der Waals surface area (Å²) in [4.78, 5) is 0. The van der Waals surface area contributed by atoms with E-state index in [-0.39, 0.29) is 11.2 Å². The van der Waals surface area contributed by atoms with Gasteiger partial charge in [-0.25, -0.2) is 0 Å². The third kappa shape index (κ3) is 6.32. The first-order valence-corrected chi connectivity index (χ1v) is 11.5. The molecule has 0 fully saturated rings. The molecule has 0 amide bonds. The maximum Gasteiger partial charge on any atom is 0.126 e. The third-order valence-electron chi connectivity index (χ3n) is 6.02. The molecule has 0 spiro atoms. The second kappa shape index (κ2) is 12.4. The van der Waals surface area contributed by atoms with Gasteiger partial charge in [-0.05, 0) is 67.6 Å². The summed E-state index contributed by atoms with van der Waals surface area (Å²) in [7, 11) is 1.72. The van der Waals surface area contributed by atoms with Gasteiger partial charge in [0.2, 0.25) is 0 Å². The quantitative estimate of drug-likeness (QED) is 0.424. The maximum absolute atomic E-state index is 10.8. The molecular formula is C27H40O5. The summed E-state index contributed by atoms with van der Waals surface area (Å²) in [6.07, 6.45) is 0. The molecule has 0 heterocycles. The Labute approximate surface area is 193 Å². The number of benzene rings is 2. The number of phenols is 1. The van der Waals surface area contributed by atoms with Gasteiger partial charge in [-0.1, -0.05) is 26.0 Å². The highest BCUT2D eigenvalue weighted by molar-refractivity contribution is 5.50. The van der Waals surface area contributed by atoms with Crippen molar-refractivity contribution in [1.82, 2.24) is 0 Å². The van der Waals surface area contributed by atoms with Crippen molar-refractivity contribution in [3.8, 4) is 5.75 Å². The number of rotatable bonds is 13. The topological polar surface area (TPSA) is 57.2 Å². The number of methoxy groups -OCH3 is 1. The maximum atomic E-state index is 10.8. The summed E-state index contributed by atoms with van der Waals surface area (Å²) >= 11 is 0. The van der Waals surface area contributed by atoms with Crippen molar-refractivity contribution in [2.45, 2.75) is 73.4 Å². The van der Waals surface area contributed by atoms with E-state index in [0.29, 0.717) is 46.2 Å². The van der Waals surface area contributed by atoms with E-state index in [1.54, 1.807) is 7.11 Å².